The van der Waals surface area contributed by atoms with E-state index in [0.29, 0.717) is 36.6 Å². The average molecular weight is 388 g/mol. The topological polar surface area (TPSA) is 79.4 Å². The molecule has 7 heteroatoms. The van der Waals surface area contributed by atoms with Gasteiger partial charge in [0.2, 0.25) is 15.9 Å². The summed E-state index contributed by atoms with van der Waals surface area (Å²) in [5, 5.41) is 2.86. The first kappa shape index (κ1) is 19.5. The van der Waals surface area contributed by atoms with Crippen LogP contribution in [0.1, 0.15) is 29.5 Å². The summed E-state index contributed by atoms with van der Waals surface area (Å²) in [5.41, 5.74) is 2.92. The largest absolute Gasteiger partial charge is 0.310 e. The molecule has 3 rings (SSSR count). The van der Waals surface area contributed by atoms with Gasteiger partial charge in [-0.3, -0.25) is 4.79 Å². The quantitative estimate of drug-likeness (QED) is 0.874. The van der Waals surface area contributed by atoms with Crippen molar-refractivity contribution in [3.05, 3.63) is 53.2 Å². The van der Waals surface area contributed by atoms with Crippen LogP contribution in [-0.4, -0.2) is 36.7 Å². The van der Waals surface area contributed by atoms with E-state index in [9.17, 15) is 13.2 Å². The van der Waals surface area contributed by atoms with Gasteiger partial charge in [-0.1, -0.05) is 12.1 Å². The maximum absolute atomic E-state index is 12.9. The Balaban J connectivity index is 1.65. The van der Waals surface area contributed by atoms with Crippen molar-refractivity contribution in [2.24, 2.45) is 5.92 Å². The summed E-state index contributed by atoms with van der Waals surface area (Å²) in [6.07, 6.45) is 2.64. The summed E-state index contributed by atoms with van der Waals surface area (Å²) < 4.78 is 27.2. The molecule has 1 amide bonds. The van der Waals surface area contributed by atoms with Gasteiger partial charge in [0.05, 0.1) is 4.90 Å². The second-order valence-corrected chi connectivity index (χ2v) is 9.02. The molecule has 0 bridgehead atoms. The van der Waals surface area contributed by atoms with Gasteiger partial charge in [0.1, 0.15) is 5.82 Å². The van der Waals surface area contributed by atoms with Gasteiger partial charge in [0.25, 0.3) is 0 Å². The van der Waals surface area contributed by atoms with Crippen LogP contribution < -0.4 is 5.32 Å². The number of aromatic nitrogens is 1. The number of anilines is 1. The first-order chi connectivity index (χ1) is 12.8. The Bertz CT molecular complexity index is 949. The molecule has 2 aromatic rings. The first-order valence-corrected chi connectivity index (χ1v) is 10.5. The number of nitrogens with zero attached hydrogens (tertiary/aromatic N) is 2. The summed E-state index contributed by atoms with van der Waals surface area (Å²) in [5.74, 6) is 0.255. The van der Waals surface area contributed by atoms with Crippen molar-refractivity contribution in [1.29, 1.82) is 0 Å². The zero-order valence-corrected chi connectivity index (χ0v) is 16.7. The number of benzene rings is 1. The maximum atomic E-state index is 12.9. The number of piperidine rings is 1. The predicted octanol–water partition coefficient (Wildman–Crippen LogP) is 3.05. The third-order valence-corrected chi connectivity index (χ3v) is 7.09. The minimum atomic E-state index is -3.53. The summed E-state index contributed by atoms with van der Waals surface area (Å²) in [6.45, 7) is 6.44. The fraction of sp³-hybridized carbons (Fsp3) is 0.400. The van der Waals surface area contributed by atoms with E-state index in [1.807, 2.05) is 39.0 Å². The number of hydrogen-bond acceptors (Lipinski definition) is 4. The van der Waals surface area contributed by atoms with E-state index in [-0.39, 0.29) is 11.8 Å². The van der Waals surface area contributed by atoms with Crippen molar-refractivity contribution < 1.29 is 13.2 Å². The number of pyridine rings is 1. The highest BCUT2D eigenvalue weighted by Gasteiger charge is 2.32. The van der Waals surface area contributed by atoms with Crippen molar-refractivity contribution in [1.82, 2.24) is 9.29 Å². The number of rotatable bonds is 4. The molecule has 144 valence electrons. The Morgan fingerprint density at radius 2 is 1.78 bits per heavy atom. The van der Waals surface area contributed by atoms with Crippen molar-refractivity contribution in [2.75, 3.05) is 18.4 Å². The van der Waals surface area contributed by atoms with Gasteiger partial charge in [-0.2, -0.15) is 4.31 Å². The van der Waals surface area contributed by atoms with E-state index in [1.54, 1.807) is 18.3 Å². The van der Waals surface area contributed by atoms with Crippen LogP contribution in [0.2, 0.25) is 0 Å². The van der Waals surface area contributed by atoms with E-state index in [2.05, 4.69) is 10.3 Å². The molecule has 0 atom stereocenters. The molecule has 1 aromatic carbocycles. The molecule has 1 aromatic heterocycles. The average Bonchev–Trinajstić information content (AvgIpc) is 2.65. The summed E-state index contributed by atoms with van der Waals surface area (Å²) >= 11 is 0. The summed E-state index contributed by atoms with van der Waals surface area (Å²) in [6, 6.07) is 8.91. The van der Waals surface area contributed by atoms with E-state index >= 15 is 0 Å². The van der Waals surface area contributed by atoms with E-state index in [4.69, 9.17) is 0 Å². The molecular weight excluding hydrogens is 362 g/mol. The van der Waals surface area contributed by atoms with Crippen molar-refractivity contribution >= 4 is 21.7 Å². The zero-order chi connectivity index (χ0) is 19.6. The molecule has 0 aliphatic carbocycles. The van der Waals surface area contributed by atoms with Crippen LogP contribution in [0.15, 0.2) is 41.4 Å². The molecule has 1 N–H and O–H groups in total. The van der Waals surface area contributed by atoms with E-state index in [1.165, 1.54) is 4.31 Å². The second kappa shape index (κ2) is 7.78. The van der Waals surface area contributed by atoms with Crippen LogP contribution >= 0.6 is 0 Å². The van der Waals surface area contributed by atoms with Gasteiger partial charge in [-0.25, -0.2) is 13.4 Å². The van der Waals surface area contributed by atoms with Crippen LogP contribution in [0.5, 0.6) is 0 Å². The Kier molecular flexibility index (Phi) is 5.62. The van der Waals surface area contributed by atoms with Crippen molar-refractivity contribution in [2.45, 2.75) is 38.5 Å². The third-order valence-electron chi connectivity index (χ3n) is 5.19. The van der Waals surface area contributed by atoms with E-state index < -0.39 is 10.0 Å². The molecule has 6 nitrogen and oxygen atoms in total. The molecule has 2 heterocycles. The lowest BCUT2D eigenvalue weighted by Crippen LogP contribution is -2.41. The van der Waals surface area contributed by atoms with Gasteiger partial charge >= 0.3 is 0 Å². The van der Waals surface area contributed by atoms with Crippen molar-refractivity contribution in [3.8, 4) is 0 Å². The highest BCUT2D eigenvalue weighted by molar-refractivity contribution is 7.89. The smallest absolute Gasteiger partial charge is 0.243 e. The molecule has 0 radical (unpaired) electrons. The van der Waals surface area contributed by atoms with E-state index in [0.717, 1.165) is 16.7 Å². The molecule has 1 aliphatic heterocycles. The van der Waals surface area contributed by atoms with Gasteiger partial charge in [-0.15, -0.1) is 0 Å². The lowest BCUT2D eigenvalue weighted by atomic mass is 9.97. The molecule has 0 spiro atoms. The van der Waals surface area contributed by atoms with Crippen LogP contribution in [0.3, 0.4) is 0 Å². The van der Waals surface area contributed by atoms with Gasteiger partial charge < -0.3 is 5.32 Å². The zero-order valence-electron chi connectivity index (χ0n) is 15.9. The number of hydrogen-bond donors (Lipinski definition) is 1. The highest BCUT2D eigenvalue weighted by atomic mass is 32.2. The fourth-order valence-electron chi connectivity index (χ4n) is 3.22. The molecule has 1 aliphatic rings. The van der Waals surface area contributed by atoms with Gasteiger partial charge in [0.15, 0.2) is 0 Å². The molecule has 0 unspecified atom stereocenters. The highest BCUT2D eigenvalue weighted by Crippen LogP contribution is 2.26. The first-order valence-electron chi connectivity index (χ1n) is 9.09. The SMILES string of the molecule is Cc1ccc(S(=O)(=O)N2CCC(C(=O)Nc3ncccc3C)CC2)cc1C. The monoisotopic (exact) mass is 387 g/mol. The number of sulfonamides is 1. The number of carbonyl (C=O) groups is 1. The predicted molar refractivity (Wildman–Crippen MR) is 105 cm³/mol. The molecular formula is C20H25N3O3S. The third kappa shape index (κ3) is 4.20. The van der Waals surface area contributed by atoms with Gasteiger partial charge in [0, 0.05) is 25.2 Å². The Labute approximate surface area is 160 Å². The Hall–Kier alpha value is -2.25. The van der Waals surface area contributed by atoms with Crippen LogP contribution in [0.25, 0.3) is 0 Å². The van der Waals surface area contributed by atoms with Crippen LogP contribution in [0, 0.1) is 26.7 Å². The Morgan fingerprint density at radius 1 is 1.07 bits per heavy atom. The summed E-state index contributed by atoms with van der Waals surface area (Å²) in [4.78, 5) is 17.0. The lowest BCUT2D eigenvalue weighted by molar-refractivity contribution is -0.120. The molecule has 1 fully saturated rings. The number of nitrogens with one attached hydrogen (secondary N) is 1. The fourth-order valence-corrected chi connectivity index (χ4v) is 4.77. The Morgan fingerprint density at radius 3 is 2.41 bits per heavy atom. The summed E-state index contributed by atoms with van der Waals surface area (Å²) in [7, 11) is -3.53. The molecule has 0 saturated carbocycles. The normalized spacial score (nSPS) is 16.3. The standard InChI is InChI=1S/C20H25N3O3S/c1-14-6-7-18(13-16(14)3)27(25,26)23-11-8-17(9-12-23)20(24)22-19-15(2)5-4-10-21-19/h4-7,10,13,17H,8-9,11-12H2,1-3H3,(H,21,22,24). The van der Waals surface area contributed by atoms with Crippen LogP contribution in [0.4, 0.5) is 5.82 Å². The second-order valence-electron chi connectivity index (χ2n) is 7.08. The number of amides is 1. The van der Waals surface area contributed by atoms with Crippen LogP contribution in [-0.2, 0) is 14.8 Å². The minimum absolute atomic E-state index is 0.0972. The molecule has 27 heavy (non-hydrogen) atoms. The maximum Gasteiger partial charge on any atom is 0.243 e. The number of carbonyl (C=O) groups excluding carboxylic acids is 1. The van der Waals surface area contributed by atoms with Crippen molar-refractivity contribution in [3.63, 3.8) is 0 Å². The lowest BCUT2D eigenvalue weighted by Gasteiger charge is -2.30. The number of aryl methyl sites for hydroxylation is 3. The van der Waals surface area contributed by atoms with Gasteiger partial charge in [-0.05, 0) is 68.5 Å². The molecule has 1 saturated heterocycles. The minimum Gasteiger partial charge on any atom is -0.310 e.